The molecule has 9 aromatic rings. The Kier molecular flexibility index (Phi) is 4.80. The summed E-state index contributed by atoms with van der Waals surface area (Å²) < 4.78 is 4.07. The van der Waals surface area contributed by atoms with Gasteiger partial charge in [-0.25, -0.2) is 0 Å². The van der Waals surface area contributed by atoms with Crippen molar-refractivity contribution in [3.05, 3.63) is 163 Å². The Balaban J connectivity index is 1.39. The van der Waals surface area contributed by atoms with Crippen LogP contribution in [0, 0.1) is 0 Å². The van der Waals surface area contributed by atoms with E-state index in [0.29, 0.717) is 60.0 Å². The van der Waals surface area contributed by atoms with E-state index < -0.39 is 6.10 Å². The van der Waals surface area contributed by atoms with Gasteiger partial charge in [0, 0.05) is 43.4 Å². The average molecular weight is 595 g/mol. The Morgan fingerprint density at radius 1 is 0.457 bits per heavy atom. The first kappa shape index (κ1) is 25.2. The molecular formula is C40H22N2O4. The molecule has 1 aliphatic rings. The fraction of sp³-hybridized carbons (Fsp3) is 0.0250. The second-order valence-corrected chi connectivity index (χ2v) is 12.1. The van der Waals surface area contributed by atoms with E-state index in [1.165, 1.54) is 0 Å². The summed E-state index contributed by atoms with van der Waals surface area (Å²) in [6.07, 6.45) is -0.979. The second-order valence-electron chi connectivity index (χ2n) is 12.1. The lowest BCUT2D eigenvalue weighted by Crippen LogP contribution is -2.19. The van der Waals surface area contributed by atoms with Crippen LogP contribution in [-0.2, 0) is 0 Å². The molecule has 3 aromatic heterocycles. The number of hydrogen-bond acceptors (Lipinski definition) is 4. The number of aromatic nitrogens is 2. The maximum atomic E-state index is 14.1. The van der Waals surface area contributed by atoms with Crippen molar-refractivity contribution in [2.24, 2.45) is 0 Å². The Hall–Kier alpha value is -6.11. The van der Waals surface area contributed by atoms with Crippen LogP contribution < -0.4 is 16.3 Å². The number of fused-ring (bicyclic) bond motifs is 8. The number of benzene rings is 6. The Morgan fingerprint density at radius 3 is 1.52 bits per heavy atom. The first-order valence-electron chi connectivity index (χ1n) is 15.2. The average Bonchev–Trinajstić information content (AvgIpc) is 3.11. The minimum absolute atomic E-state index is 0.142. The molecule has 0 bridgehead atoms. The highest BCUT2D eigenvalue weighted by atomic mass is 16.3. The van der Waals surface area contributed by atoms with E-state index in [9.17, 15) is 19.5 Å². The largest absolute Gasteiger partial charge is 0.383 e. The number of pyridine rings is 3. The monoisotopic (exact) mass is 594 g/mol. The third-order valence-electron chi connectivity index (χ3n) is 9.70. The van der Waals surface area contributed by atoms with Crippen LogP contribution in [0.15, 0.2) is 136 Å². The van der Waals surface area contributed by atoms with Crippen LogP contribution in [0.1, 0.15) is 17.2 Å². The fourth-order valence-electron chi connectivity index (χ4n) is 7.69. The van der Waals surface area contributed by atoms with E-state index in [2.05, 4.69) is 4.57 Å². The van der Waals surface area contributed by atoms with E-state index in [1.54, 1.807) is 0 Å². The molecule has 216 valence electrons. The van der Waals surface area contributed by atoms with E-state index in [-0.39, 0.29) is 16.3 Å². The first-order chi connectivity index (χ1) is 22.5. The molecule has 1 unspecified atom stereocenters. The van der Waals surface area contributed by atoms with Gasteiger partial charge in [0.25, 0.3) is 0 Å². The minimum atomic E-state index is -0.979. The normalized spacial score (nSPS) is 14.2. The molecule has 0 saturated heterocycles. The summed E-state index contributed by atoms with van der Waals surface area (Å²) in [7, 11) is 0. The molecule has 1 atom stereocenters. The lowest BCUT2D eigenvalue weighted by atomic mass is 9.88. The van der Waals surface area contributed by atoms with Gasteiger partial charge in [0.05, 0.1) is 33.3 Å². The van der Waals surface area contributed by atoms with Gasteiger partial charge in [-0.3, -0.25) is 14.4 Å². The fourth-order valence-corrected chi connectivity index (χ4v) is 7.69. The van der Waals surface area contributed by atoms with Crippen LogP contribution >= 0.6 is 0 Å². The summed E-state index contributed by atoms with van der Waals surface area (Å²) >= 11 is 0. The van der Waals surface area contributed by atoms with Gasteiger partial charge in [0.1, 0.15) is 6.10 Å². The molecule has 0 aliphatic carbocycles. The SMILES string of the molecule is O=c1c2ccccc2n2c3c(cc(-c4cc5c(=O)c6ccccc6n6c7ccccc7c(=O)c(c4)c56)cc13)C(O)c1ccccc1-2. The Morgan fingerprint density at radius 2 is 0.913 bits per heavy atom. The molecule has 6 nitrogen and oxygen atoms in total. The molecule has 1 aliphatic heterocycles. The van der Waals surface area contributed by atoms with E-state index >= 15 is 0 Å². The van der Waals surface area contributed by atoms with Crippen molar-refractivity contribution in [3.63, 3.8) is 0 Å². The summed E-state index contributed by atoms with van der Waals surface area (Å²) in [5, 5.41) is 14.7. The van der Waals surface area contributed by atoms with E-state index in [1.807, 2.05) is 126 Å². The lowest BCUT2D eigenvalue weighted by Gasteiger charge is -2.29. The van der Waals surface area contributed by atoms with Crippen LogP contribution in [0.3, 0.4) is 0 Å². The van der Waals surface area contributed by atoms with Crippen LogP contribution in [0.2, 0.25) is 0 Å². The van der Waals surface area contributed by atoms with Crippen LogP contribution in [0.4, 0.5) is 0 Å². The van der Waals surface area contributed by atoms with Crippen LogP contribution in [-0.4, -0.2) is 14.1 Å². The van der Waals surface area contributed by atoms with Crippen molar-refractivity contribution < 1.29 is 5.11 Å². The quantitative estimate of drug-likeness (QED) is 0.163. The molecule has 10 rings (SSSR count). The molecule has 0 amide bonds. The lowest BCUT2D eigenvalue weighted by molar-refractivity contribution is 0.219. The van der Waals surface area contributed by atoms with Crippen molar-refractivity contribution in [1.29, 1.82) is 0 Å². The topological polar surface area (TPSA) is 80.8 Å². The van der Waals surface area contributed by atoms with Crippen LogP contribution in [0.5, 0.6) is 0 Å². The van der Waals surface area contributed by atoms with Gasteiger partial charge in [0.15, 0.2) is 16.3 Å². The number of nitrogens with zero attached hydrogens (tertiary/aromatic N) is 2. The van der Waals surface area contributed by atoms with Gasteiger partial charge in [-0.1, -0.05) is 54.6 Å². The molecule has 46 heavy (non-hydrogen) atoms. The number of rotatable bonds is 1. The zero-order valence-electron chi connectivity index (χ0n) is 24.2. The van der Waals surface area contributed by atoms with Gasteiger partial charge in [-0.2, -0.15) is 0 Å². The predicted molar refractivity (Wildman–Crippen MR) is 184 cm³/mol. The Bertz CT molecular complexity index is 2910. The van der Waals surface area contributed by atoms with Crippen LogP contribution in [0.25, 0.3) is 76.7 Å². The first-order valence-corrected chi connectivity index (χ1v) is 15.2. The van der Waals surface area contributed by atoms with E-state index in [4.69, 9.17) is 0 Å². The number of para-hydroxylation sites is 4. The summed E-state index contributed by atoms with van der Waals surface area (Å²) in [5.74, 6) is 0. The highest BCUT2D eigenvalue weighted by Crippen LogP contribution is 2.42. The molecular weight excluding hydrogens is 572 g/mol. The molecule has 0 radical (unpaired) electrons. The van der Waals surface area contributed by atoms with Gasteiger partial charge in [-0.05, 0) is 77.9 Å². The third-order valence-corrected chi connectivity index (χ3v) is 9.70. The summed E-state index contributed by atoms with van der Waals surface area (Å²) in [6.45, 7) is 0. The van der Waals surface area contributed by atoms with Crippen molar-refractivity contribution >= 4 is 59.9 Å². The van der Waals surface area contributed by atoms with Crippen molar-refractivity contribution in [1.82, 2.24) is 8.97 Å². The second kappa shape index (κ2) is 8.75. The third kappa shape index (κ3) is 3.06. The van der Waals surface area contributed by atoms with Gasteiger partial charge < -0.3 is 14.1 Å². The Labute approximate surface area is 259 Å². The number of aliphatic hydroxyl groups excluding tert-OH is 1. The zero-order valence-corrected chi connectivity index (χ0v) is 24.2. The minimum Gasteiger partial charge on any atom is -0.383 e. The smallest absolute Gasteiger partial charge is 0.197 e. The molecule has 0 fully saturated rings. The highest BCUT2D eigenvalue weighted by molar-refractivity contribution is 6.10. The van der Waals surface area contributed by atoms with Crippen molar-refractivity contribution in [2.45, 2.75) is 6.10 Å². The number of hydrogen-bond donors (Lipinski definition) is 1. The predicted octanol–water partition coefficient (Wildman–Crippen LogP) is 7.08. The maximum Gasteiger partial charge on any atom is 0.197 e. The summed E-state index contributed by atoms with van der Waals surface area (Å²) in [6, 6.07) is 37.5. The highest BCUT2D eigenvalue weighted by Gasteiger charge is 2.29. The van der Waals surface area contributed by atoms with Crippen molar-refractivity contribution in [2.75, 3.05) is 0 Å². The molecule has 0 saturated carbocycles. The summed E-state index contributed by atoms with van der Waals surface area (Å²) in [4.78, 5) is 42.3. The van der Waals surface area contributed by atoms with Gasteiger partial charge in [-0.15, -0.1) is 0 Å². The molecule has 1 N–H and O–H groups in total. The molecule has 6 aromatic carbocycles. The van der Waals surface area contributed by atoms with Crippen molar-refractivity contribution in [3.8, 4) is 16.8 Å². The van der Waals surface area contributed by atoms with E-state index in [0.717, 1.165) is 27.8 Å². The van der Waals surface area contributed by atoms with Gasteiger partial charge in [0.2, 0.25) is 0 Å². The maximum absolute atomic E-state index is 14.1. The zero-order chi connectivity index (χ0) is 30.8. The summed E-state index contributed by atoms with van der Waals surface area (Å²) in [5.41, 5.74) is 6.40. The molecule has 0 spiro atoms. The number of aliphatic hydroxyl groups is 1. The molecule has 4 heterocycles. The molecule has 6 heteroatoms. The standard InChI is InChI=1S/C40H22N2O4/c43-37-23-9-1-5-13-31(23)41-32-14-6-2-10-24(32)38(44)28-18-21(17-27(37)35(28)41)22-19-29-36-30(20-22)40(46)26-12-4-8-16-34(26)42(36)33-15-7-3-11-25(33)39(29)45/h1-20,37,43H. The van der Waals surface area contributed by atoms with Gasteiger partial charge >= 0.3 is 0 Å².